The van der Waals surface area contributed by atoms with Gasteiger partial charge in [-0.1, -0.05) is 18.2 Å². The van der Waals surface area contributed by atoms with Gasteiger partial charge >= 0.3 is 6.18 Å². The fourth-order valence-electron chi connectivity index (χ4n) is 1.97. The minimum Gasteiger partial charge on any atom is -0.497 e. The average Bonchev–Trinajstić information content (AvgIpc) is 2.45. The molecule has 0 aliphatic heterocycles. The number of rotatable bonds is 3. The molecule has 2 aromatic rings. The standard InChI is InChI=1S/C15H11F5O/c1-21-11-5-6-12(13(8-11)14(16)17)9-3-2-4-10(7-9)15(18,19)20/h2-8,14H,1H3. The van der Waals surface area contributed by atoms with Crippen molar-refractivity contribution in [1.82, 2.24) is 0 Å². The van der Waals surface area contributed by atoms with E-state index < -0.39 is 18.2 Å². The Kier molecular flexibility index (Phi) is 4.16. The van der Waals surface area contributed by atoms with Gasteiger partial charge in [0, 0.05) is 5.56 Å². The summed E-state index contributed by atoms with van der Waals surface area (Å²) in [4.78, 5) is 0. The van der Waals surface area contributed by atoms with E-state index in [0.29, 0.717) is 0 Å². The van der Waals surface area contributed by atoms with Crippen LogP contribution in [0.15, 0.2) is 42.5 Å². The highest BCUT2D eigenvalue weighted by Crippen LogP contribution is 2.37. The van der Waals surface area contributed by atoms with Gasteiger partial charge in [0.1, 0.15) is 5.75 Å². The SMILES string of the molecule is COc1ccc(-c2cccc(C(F)(F)F)c2)c(C(F)F)c1. The summed E-state index contributed by atoms with van der Waals surface area (Å²) in [6.07, 6.45) is -7.34. The number of ether oxygens (including phenoxy) is 1. The first-order chi connectivity index (χ1) is 9.82. The summed E-state index contributed by atoms with van der Waals surface area (Å²) in [5.41, 5.74) is -1.11. The second-order valence-corrected chi connectivity index (χ2v) is 4.33. The third kappa shape index (κ3) is 3.32. The lowest BCUT2D eigenvalue weighted by molar-refractivity contribution is -0.137. The molecule has 6 heteroatoms. The molecule has 0 radical (unpaired) electrons. The zero-order valence-corrected chi connectivity index (χ0v) is 10.9. The van der Waals surface area contributed by atoms with Crippen LogP contribution in [0.4, 0.5) is 22.0 Å². The van der Waals surface area contributed by atoms with Gasteiger partial charge in [-0.3, -0.25) is 0 Å². The summed E-state index contributed by atoms with van der Waals surface area (Å²) in [5, 5.41) is 0. The van der Waals surface area contributed by atoms with Crippen molar-refractivity contribution in [3.63, 3.8) is 0 Å². The second kappa shape index (κ2) is 5.71. The maximum Gasteiger partial charge on any atom is 0.416 e. The average molecular weight is 302 g/mol. The molecule has 0 amide bonds. The van der Waals surface area contributed by atoms with Crippen LogP contribution in [-0.2, 0) is 6.18 Å². The molecule has 2 aromatic carbocycles. The molecule has 0 aliphatic carbocycles. The van der Waals surface area contributed by atoms with Gasteiger partial charge < -0.3 is 4.74 Å². The Balaban J connectivity index is 2.56. The Bertz CT molecular complexity index is 634. The molecule has 21 heavy (non-hydrogen) atoms. The molecule has 0 spiro atoms. The fraction of sp³-hybridized carbons (Fsp3) is 0.200. The van der Waals surface area contributed by atoms with Crippen LogP contribution in [0, 0.1) is 0 Å². The third-order valence-corrected chi connectivity index (χ3v) is 2.99. The molecule has 0 unspecified atom stereocenters. The topological polar surface area (TPSA) is 9.23 Å². The summed E-state index contributed by atoms with van der Waals surface area (Å²) in [6.45, 7) is 0. The summed E-state index contributed by atoms with van der Waals surface area (Å²) < 4.78 is 69.1. The largest absolute Gasteiger partial charge is 0.497 e. The van der Waals surface area contributed by atoms with E-state index in [-0.39, 0.29) is 22.4 Å². The van der Waals surface area contributed by atoms with Gasteiger partial charge in [-0.25, -0.2) is 8.78 Å². The first-order valence-corrected chi connectivity index (χ1v) is 5.96. The maximum atomic E-state index is 13.1. The van der Waals surface area contributed by atoms with E-state index in [4.69, 9.17) is 4.74 Å². The van der Waals surface area contributed by atoms with Gasteiger partial charge in [0.05, 0.1) is 12.7 Å². The van der Waals surface area contributed by atoms with E-state index in [1.807, 2.05) is 0 Å². The lowest BCUT2D eigenvalue weighted by atomic mass is 9.98. The molecule has 0 atom stereocenters. The Morgan fingerprint density at radius 2 is 1.71 bits per heavy atom. The lowest BCUT2D eigenvalue weighted by Gasteiger charge is -2.13. The summed E-state index contributed by atoms with van der Waals surface area (Å²) in [7, 11) is 1.33. The molecular weight excluding hydrogens is 291 g/mol. The molecule has 0 heterocycles. The number of halogens is 5. The molecule has 0 saturated carbocycles. The monoisotopic (exact) mass is 302 g/mol. The van der Waals surface area contributed by atoms with Gasteiger partial charge in [0.2, 0.25) is 0 Å². The zero-order chi connectivity index (χ0) is 15.6. The van der Waals surface area contributed by atoms with Crippen LogP contribution < -0.4 is 4.74 Å². The summed E-state index contributed by atoms with van der Waals surface area (Å²) in [6, 6.07) is 8.20. The minimum atomic E-state index is -4.52. The van der Waals surface area contributed by atoms with Gasteiger partial charge in [-0.2, -0.15) is 13.2 Å². The lowest BCUT2D eigenvalue weighted by Crippen LogP contribution is -2.04. The fourth-order valence-corrected chi connectivity index (χ4v) is 1.97. The molecule has 0 N–H and O–H groups in total. The molecule has 0 aliphatic rings. The highest BCUT2D eigenvalue weighted by molar-refractivity contribution is 5.69. The van der Waals surface area contributed by atoms with E-state index in [1.54, 1.807) is 0 Å². The van der Waals surface area contributed by atoms with Crippen LogP contribution in [0.5, 0.6) is 5.75 Å². The minimum absolute atomic E-state index is 0.0527. The molecular formula is C15H11F5O. The number of alkyl halides is 5. The highest BCUT2D eigenvalue weighted by atomic mass is 19.4. The number of hydrogen-bond donors (Lipinski definition) is 0. The van der Waals surface area contributed by atoms with Crippen LogP contribution in [0.3, 0.4) is 0 Å². The molecule has 0 fully saturated rings. The number of hydrogen-bond acceptors (Lipinski definition) is 1. The zero-order valence-electron chi connectivity index (χ0n) is 10.9. The predicted octanol–water partition coefficient (Wildman–Crippen LogP) is 5.32. The van der Waals surface area contributed by atoms with Crippen LogP contribution >= 0.6 is 0 Å². The van der Waals surface area contributed by atoms with Crippen molar-refractivity contribution in [2.24, 2.45) is 0 Å². The maximum absolute atomic E-state index is 13.1. The quantitative estimate of drug-likeness (QED) is 0.697. The van der Waals surface area contributed by atoms with E-state index in [9.17, 15) is 22.0 Å². The molecule has 0 bridgehead atoms. The number of methoxy groups -OCH3 is 1. The van der Waals surface area contributed by atoms with Crippen LogP contribution in [0.25, 0.3) is 11.1 Å². The first kappa shape index (κ1) is 15.3. The normalized spacial score (nSPS) is 11.8. The van der Waals surface area contributed by atoms with Crippen molar-refractivity contribution in [3.05, 3.63) is 53.6 Å². The first-order valence-electron chi connectivity index (χ1n) is 5.96. The van der Waals surface area contributed by atoms with Crippen molar-refractivity contribution >= 4 is 0 Å². The van der Waals surface area contributed by atoms with E-state index in [0.717, 1.165) is 18.2 Å². The molecule has 1 nitrogen and oxygen atoms in total. The van der Waals surface area contributed by atoms with Crippen molar-refractivity contribution in [2.75, 3.05) is 7.11 Å². The van der Waals surface area contributed by atoms with Crippen molar-refractivity contribution in [3.8, 4) is 16.9 Å². The Morgan fingerprint density at radius 3 is 2.29 bits per heavy atom. The summed E-state index contributed by atoms with van der Waals surface area (Å²) >= 11 is 0. The Labute approximate surface area is 118 Å². The number of benzene rings is 2. The van der Waals surface area contributed by atoms with Crippen LogP contribution in [0.2, 0.25) is 0 Å². The predicted molar refractivity (Wildman–Crippen MR) is 68.4 cm³/mol. The molecule has 0 aromatic heterocycles. The third-order valence-electron chi connectivity index (χ3n) is 2.99. The van der Waals surface area contributed by atoms with Gasteiger partial charge in [0.25, 0.3) is 6.43 Å². The smallest absolute Gasteiger partial charge is 0.416 e. The second-order valence-electron chi connectivity index (χ2n) is 4.33. The van der Waals surface area contributed by atoms with E-state index in [2.05, 4.69) is 0 Å². The van der Waals surface area contributed by atoms with E-state index in [1.165, 1.54) is 31.4 Å². The summed E-state index contributed by atoms with van der Waals surface area (Å²) in [5.74, 6) is 0.223. The highest BCUT2D eigenvalue weighted by Gasteiger charge is 2.30. The van der Waals surface area contributed by atoms with Crippen molar-refractivity contribution in [1.29, 1.82) is 0 Å². The van der Waals surface area contributed by atoms with E-state index >= 15 is 0 Å². The van der Waals surface area contributed by atoms with Crippen molar-refractivity contribution in [2.45, 2.75) is 12.6 Å². The molecule has 0 saturated heterocycles. The Hall–Kier alpha value is -2.11. The van der Waals surface area contributed by atoms with Gasteiger partial charge in [0.15, 0.2) is 0 Å². The van der Waals surface area contributed by atoms with Gasteiger partial charge in [-0.15, -0.1) is 0 Å². The van der Waals surface area contributed by atoms with Gasteiger partial charge in [-0.05, 0) is 35.4 Å². The molecule has 112 valence electrons. The molecule has 2 rings (SSSR count). The van der Waals surface area contributed by atoms with Crippen LogP contribution in [-0.4, -0.2) is 7.11 Å². The Morgan fingerprint density at radius 1 is 1.00 bits per heavy atom. The van der Waals surface area contributed by atoms with Crippen molar-refractivity contribution < 1.29 is 26.7 Å². The van der Waals surface area contributed by atoms with Crippen LogP contribution in [0.1, 0.15) is 17.6 Å².